The number of hydrogen-bond acceptors (Lipinski definition) is 4. The van der Waals surface area contributed by atoms with Gasteiger partial charge in [0.05, 0.1) is 28.9 Å². The summed E-state index contributed by atoms with van der Waals surface area (Å²) >= 11 is 3.39. The minimum Gasteiger partial charge on any atom is -0.323 e. The van der Waals surface area contributed by atoms with Gasteiger partial charge >= 0.3 is 0 Å². The van der Waals surface area contributed by atoms with E-state index < -0.39 is 0 Å². The molecular formula is C18H13BrN4O3. The zero-order valence-electron chi connectivity index (χ0n) is 13.5. The third kappa shape index (κ3) is 2.88. The number of fused-ring (bicyclic) bond motifs is 2. The molecule has 0 unspecified atom stereocenters. The van der Waals surface area contributed by atoms with Gasteiger partial charge in [0.25, 0.3) is 5.56 Å². The molecule has 3 aromatic rings. The van der Waals surface area contributed by atoms with Crippen molar-refractivity contribution in [3.8, 4) is 0 Å². The summed E-state index contributed by atoms with van der Waals surface area (Å²) in [5.41, 5.74) is 1.37. The van der Waals surface area contributed by atoms with Gasteiger partial charge in [0.15, 0.2) is 0 Å². The van der Waals surface area contributed by atoms with Crippen molar-refractivity contribution in [3.05, 3.63) is 63.0 Å². The van der Waals surface area contributed by atoms with E-state index in [1.165, 1.54) is 4.90 Å². The van der Waals surface area contributed by atoms with Crippen LogP contribution in [-0.4, -0.2) is 28.6 Å². The molecule has 1 aromatic heterocycles. The van der Waals surface area contributed by atoms with Crippen molar-refractivity contribution >= 4 is 49.9 Å². The van der Waals surface area contributed by atoms with E-state index in [2.05, 4.69) is 31.4 Å². The maximum absolute atomic E-state index is 12.9. The number of carbonyl (C=O) groups is 2. The van der Waals surface area contributed by atoms with Crippen LogP contribution in [0.2, 0.25) is 0 Å². The van der Waals surface area contributed by atoms with E-state index in [4.69, 9.17) is 0 Å². The molecule has 0 bridgehead atoms. The Hall–Kier alpha value is -3.00. The van der Waals surface area contributed by atoms with Crippen LogP contribution in [0.3, 0.4) is 0 Å². The fourth-order valence-corrected chi connectivity index (χ4v) is 3.37. The van der Waals surface area contributed by atoms with Gasteiger partial charge in [-0.3, -0.25) is 14.4 Å². The van der Waals surface area contributed by atoms with Gasteiger partial charge in [-0.2, -0.15) is 5.10 Å². The molecule has 8 heteroatoms. The predicted octanol–water partition coefficient (Wildman–Crippen LogP) is 2.21. The van der Waals surface area contributed by atoms with Gasteiger partial charge in [0.1, 0.15) is 6.54 Å². The highest BCUT2D eigenvalue weighted by atomic mass is 79.9. The third-order valence-electron chi connectivity index (χ3n) is 4.22. The molecule has 0 saturated carbocycles. The largest absolute Gasteiger partial charge is 0.323 e. The number of nitrogens with one attached hydrogen (secondary N) is 2. The van der Waals surface area contributed by atoms with Crippen molar-refractivity contribution in [2.75, 3.05) is 16.8 Å². The fraction of sp³-hybridized carbons (Fsp3) is 0.111. The van der Waals surface area contributed by atoms with Crippen molar-refractivity contribution in [1.29, 1.82) is 0 Å². The first-order valence-corrected chi connectivity index (χ1v) is 8.68. The lowest BCUT2D eigenvalue weighted by atomic mass is 10.1. The summed E-state index contributed by atoms with van der Waals surface area (Å²) in [4.78, 5) is 38.2. The minimum atomic E-state index is -0.302. The molecular weight excluding hydrogens is 400 g/mol. The summed E-state index contributed by atoms with van der Waals surface area (Å²) in [5.74, 6) is -0.531. The third-order valence-corrected chi connectivity index (χ3v) is 4.71. The number of aromatic amines is 1. The number of H-pyrrole nitrogens is 1. The molecule has 7 nitrogen and oxygen atoms in total. The molecule has 1 aliphatic rings. The molecule has 0 spiro atoms. The summed E-state index contributed by atoms with van der Waals surface area (Å²) in [6.07, 6.45) is -0.0312. The molecule has 0 atom stereocenters. The summed E-state index contributed by atoms with van der Waals surface area (Å²) in [6.45, 7) is -0.0659. The van der Waals surface area contributed by atoms with E-state index in [0.29, 0.717) is 27.8 Å². The highest BCUT2D eigenvalue weighted by Crippen LogP contribution is 2.32. The second-order valence-corrected chi connectivity index (χ2v) is 6.83. The molecule has 2 heterocycles. The SMILES string of the molecule is O=C1CN(C(=O)Cc2n[nH]c(=O)c3ccccc23)c2cc(Br)ccc2N1. The Kier molecular flexibility index (Phi) is 4.04. The molecule has 0 aliphatic carbocycles. The maximum Gasteiger partial charge on any atom is 0.272 e. The average molecular weight is 413 g/mol. The minimum absolute atomic E-state index is 0.0312. The van der Waals surface area contributed by atoms with Gasteiger partial charge in [-0.1, -0.05) is 34.1 Å². The number of anilines is 2. The van der Waals surface area contributed by atoms with Gasteiger partial charge in [0.2, 0.25) is 11.8 Å². The summed E-state index contributed by atoms with van der Waals surface area (Å²) in [6, 6.07) is 12.3. The highest BCUT2D eigenvalue weighted by Gasteiger charge is 2.27. The van der Waals surface area contributed by atoms with E-state index in [9.17, 15) is 14.4 Å². The van der Waals surface area contributed by atoms with Crippen LogP contribution in [0.15, 0.2) is 51.7 Å². The quantitative estimate of drug-likeness (QED) is 0.674. The lowest BCUT2D eigenvalue weighted by Crippen LogP contribution is -2.43. The predicted molar refractivity (Wildman–Crippen MR) is 101 cm³/mol. The lowest BCUT2D eigenvalue weighted by molar-refractivity contribution is -0.121. The Balaban J connectivity index is 1.72. The maximum atomic E-state index is 12.9. The van der Waals surface area contributed by atoms with Crippen molar-refractivity contribution in [1.82, 2.24) is 10.2 Å². The van der Waals surface area contributed by atoms with Crippen molar-refractivity contribution in [3.63, 3.8) is 0 Å². The molecule has 2 amide bonds. The van der Waals surface area contributed by atoms with Crippen LogP contribution < -0.4 is 15.8 Å². The lowest BCUT2D eigenvalue weighted by Gasteiger charge is -2.29. The van der Waals surface area contributed by atoms with Crippen LogP contribution in [0.4, 0.5) is 11.4 Å². The second kappa shape index (κ2) is 6.38. The number of rotatable bonds is 2. The van der Waals surface area contributed by atoms with Crippen LogP contribution in [0.25, 0.3) is 10.8 Å². The van der Waals surface area contributed by atoms with Crippen molar-refractivity contribution in [2.45, 2.75) is 6.42 Å². The molecule has 0 radical (unpaired) electrons. The van der Waals surface area contributed by atoms with Crippen molar-refractivity contribution < 1.29 is 9.59 Å². The van der Waals surface area contributed by atoms with E-state index in [-0.39, 0.29) is 30.3 Å². The van der Waals surface area contributed by atoms with E-state index >= 15 is 0 Å². The number of carbonyl (C=O) groups excluding carboxylic acids is 2. The molecule has 2 N–H and O–H groups in total. The van der Waals surface area contributed by atoms with Crippen LogP contribution >= 0.6 is 15.9 Å². The second-order valence-electron chi connectivity index (χ2n) is 5.91. The van der Waals surface area contributed by atoms with E-state index in [0.717, 1.165) is 4.47 Å². The molecule has 4 rings (SSSR count). The Morgan fingerprint density at radius 1 is 1.15 bits per heavy atom. The standard InChI is InChI=1S/C18H13BrN4O3/c19-10-5-6-13-15(7-10)23(9-16(24)20-13)17(25)8-14-11-3-1-2-4-12(11)18(26)22-21-14/h1-7H,8-9H2,(H,20,24)(H,22,26). The molecule has 1 aliphatic heterocycles. The molecule has 130 valence electrons. The summed E-state index contributed by atoms with van der Waals surface area (Å²) in [5, 5.41) is 10.3. The zero-order chi connectivity index (χ0) is 18.3. The number of amides is 2. The molecule has 0 fully saturated rings. The van der Waals surface area contributed by atoms with Gasteiger partial charge < -0.3 is 10.2 Å². The van der Waals surface area contributed by atoms with Gasteiger partial charge in [-0.15, -0.1) is 0 Å². The van der Waals surface area contributed by atoms with Crippen LogP contribution in [0.1, 0.15) is 5.69 Å². The molecule has 26 heavy (non-hydrogen) atoms. The van der Waals surface area contributed by atoms with Crippen LogP contribution in [0, 0.1) is 0 Å². The number of aromatic nitrogens is 2. The number of benzene rings is 2. The van der Waals surface area contributed by atoms with Crippen LogP contribution in [-0.2, 0) is 16.0 Å². The smallest absolute Gasteiger partial charge is 0.272 e. The summed E-state index contributed by atoms with van der Waals surface area (Å²) in [7, 11) is 0. The first kappa shape index (κ1) is 16.5. The number of halogens is 1. The first-order valence-electron chi connectivity index (χ1n) is 7.89. The fourth-order valence-electron chi connectivity index (χ4n) is 3.02. The van der Waals surface area contributed by atoms with Crippen LogP contribution in [0.5, 0.6) is 0 Å². The molecule has 0 saturated heterocycles. The highest BCUT2D eigenvalue weighted by molar-refractivity contribution is 9.10. The Labute approximate surface area is 156 Å². The monoisotopic (exact) mass is 412 g/mol. The van der Waals surface area contributed by atoms with Gasteiger partial charge in [-0.05, 0) is 24.3 Å². The Morgan fingerprint density at radius 3 is 2.73 bits per heavy atom. The molecule has 2 aromatic carbocycles. The Bertz CT molecular complexity index is 1110. The Morgan fingerprint density at radius 2 is 1.92 bits per heavy atom. The summed E-state index contributed by atoms with van der Waals surface area (Å²) < 4.78 is 0.804. The normalized spacial score (nSPS) is 13.4. The number of hydrogen-bond donors (Lipinski definition) is 2. The van der Waals surface area contributed by atoms with E-state index in [1.54, 1.807) is 42.5 Å². The van der Waals surface area contributed by atoms with Gasteiger partial charge in [0, 0.05) is 9.86 Å². The topological polar surface area (TPSA) is 95.2 Å². The first-order chi connectivity index (χ1) is 12.5. The zero-order valence-corrected chi connectivity index (χ0v) is 15.0. The van der Waals surface area contributed by atoms with Crippen molar-refractivity contribution in [2.24, 2.45) is 0 Å². The average Bonchev–Trinajstić information content (AvgIpc) is 2.64. The van der Waals surface area contributed by atoms with Gasteiger partial charge in [-0.25, -0.2) is 5.10 Å². The van der Waals surface area contributed by atoms with E-state index in [1.807, 2.05) is 0 Å². The number of nitrogens with zero attached hydrogens (tertiary/aromatic N) is 2.